The van der Waals surface area contributed by atoms with Crippen molar-refractivity contribution in [1.29, 1.82) is 0 Å². The molecular weight excluding hydrogens is 356 g/mol. The van der Waals surface area contributed by atoms with Crippen molar-refractivity contribution >= 4 is 18.2 Å². The Balaban J connectivity index is 0.000000758. The van der Waals surface area contributed by atoms with Gasteiger partial charge < -0.3 is 14.9 Å². The van der Waals surface area contributed by atoms with Gasteiger partial charge in [0.1, 0.15) is 18.5 Å². The summed E-state index contributed by atoms with van der Waals surface area (Å²) in [5.74, 6) is 3.14. The Labute approximate surface area is 158 Å². The molecule has 7 nitrogen and oxygen atoms in total. The summed E-state index contributed by atoms with van der Waals surface area (Å²) in [6.45, 7) is 5.50. The van der Waals surface area contributed by atoms with Crippen LogP contribution in [0.25, 0.3) is 0 Å². The van der Waals surface area contributed by atoms with Crippen LogP contribution in [0.4, 0.5) is 0 Å². The fourth-order valence-electron chi connectivity index (χ4n) is 2.89. The molecule has 26 heavy (non-hydrogen) atoms. The monoisotopic (exact) mass is 384 g/mol. The number of nitrogens with zero attached hydrogens (tertiary/aromatic N) is 2. The van der Waals surface area contributed by atoms with Crippen LogP contribution in [0.2, 0.25) is 0 Å². The lowest BCUT2D eigenvalue weighted by molar-refractivity contribution is -0.122. The maximum atomic E-state index is 10.2. The second-order valence-electron chi connectivity index (χ2n) is 6.18. The van der Waals surface area contributed by atoms with Crippen molar-refractivity contribution in [1.82, 2.24) is 9.96 Å². The lowest BCUT2D eigenvalue weighted by atomic mass is 10.2. The molecule has 1 aromatic carbocycles. The number of rotatable bonds is 7. The smallest absolute Gasteiger partial charge is 0.290 e. The maximum absolute atomic E-state index is 10.2. The van der Waals surface area contributed by atoms with Crippen molar-refractivity contribution in [3.63, 3.8) is 0 Å². The van der Waals surface area contributed by atoms with Crippen LogP contribution in [-0.2, 0) is 16.2 Å². The minimum atomic E-state index is -0.441. The molecule has 8 heteroatoms. The molecule has 2 saturated heterocycles. The average Bonchev–Trinajstić information content (AvgIpc) is 3.15. The molecule has 0 radical (unpaired) electrons. The third-order valence-electron chi connectivity index (χ3n) is 4.10. The average molecular weight is 384 g/mol. The highest BCUT2D eigenvalue weighted by Gasteiger charge is 2.16. The summed E-state index contributed by atoms with van der Waals surface area (Å²) in [6.07, 6.45) is 0.654. The molecule has 1 aromatic rings. The van der Waals surface area contributed by atoms with Crippen molar-refractivity contribution in [2.75, 3.05) is 50.9 Å². The number of benzene rings is 1. The summed E-state index contributed by atoms with van der Waals surface area (Å²) in [5.41, 5.74) is 1.17. The third kappa shape index (κ3) is 7.92. The molecule has 146 valence electrons. The van der Waals surface area contributed by atoms with Crippen molar-refractivity contribution in [2.45, 2.75) is 19.1 Å². The molecular formula is C18H28N2O5S. The van der Waals surface area contributed by atoms with E-state index in [1.807, 2.05) is 35.0 Å². The Morgan fingerprint density at radius 1 is 1.31 bits per heavy atom. The minimum Gasteiger partial charge on any atom is -0.491 e. The number of ether oxygens (including phenoxy) is 1. The molecule has 0 amide bonds. The lowest BCUT2D eigenvalue weighted by Crippen LogP contribution is -2.40. The number of aliphatic hydroxyl groups is 1. The van der Waals surface area contributed by atoms with Crippen molar-refractivity contribution in [3.05, 3.63) is 29.8 Å². The van der Waals surface area contributed by atoms with Gasteiger partial charge in [0, 0.05) is 44.2 Å². The van der Waals surface area contributed by atoms with Crippen LogP contribution in [-0.4, -0.2) is 83.7 Å². The number of carboxylic acid groups (broad SMARTS) is 1. The summed E-state index contributed by atoms with van der Waals surface area (Å²) in [5, 5.41) is 19.0. The largest absolute Gasteiger partial charge is 0.491 e. The Morgan fingerprint density at radius 2 is 2.08 bits per heavy atom. The molecule has 1 unspecified atom stereocenters. The van der Waals surface area contributed by atoms with Crippen LogP contribution in [0.1, 0.15) is 12.0 Å². The van der Waals surface area contributed by atoms with Crippen LogP contribution >= 0.6 is 11.8 Å². The van der Waals surface area contributed by atoms with E-state index in [0.717, 1.165) is 56.5 Å². The van der Waals surface area contributed by atoms with E-state index in [4.69, 9.17) is 19.5 Å². The van der Waals surface area contributed by atoms with Gasteiger partial charge in [-0.15, -0.1) is 0 Å². The molecule has 1 atom stereocenters. The molecule has 3 rings (SSSR count). The first-order chi connectivity index (χ1) is 12.7. The van der Waals surface area contributed by atoms with E-state index in [1.165, 1.54) is 5.56 Å². The molecule has 2 fully saturated rings. The van der Waals surface area contributed by atoms with Crippen molar-refractivity contribution in [3.8, 4) is 5.75 Å². The van der Waals surface area contributed by atoms with Gasteiger partial charge in [0.25, 0.3) is 6.47 Å². The molecule has 0 spiro atoms. The van der Waals surface area contributed by atoms with Gasteiger partial charge in [-0.3, -0.25) is 14.5 Å². The molecule has 2 N–H and O–H groups in total. The Morgan fingerprint density at radius 3 is 2.77 bits per heavy atom. The zero-order chi connectivity index (χ0) is 18.6. The van der Waals surface area contributed by atoms with Gasteiger partial charge in [0.05, 0.1) is 6.61 Å². The molecule has 2 aliphatic heterocycles. The summed E-state index contributed by atoms with van der Waals surface area (Å²) < 4.78 is 5.77. The van der Waals surface area contributed by atoms with Gasteiger partial charge in [0.15, 0.2) is 0 Å². The Kier molecular flexibility index (Phi) is 9.80. The van der Waals surface area contributed by atoms with Crippen LogP contribution in [0.15, 0.2) is 24.3 Å². The van der Waals surface area contributed by atoms with E-state index in [1.54, 1.807) is 0 Å². The van der Waals surface area contributed by atoms with E-state index < -0.39 is 6.10 Å². The fraction of sp³-hybridized carbons (Fsp3) is 0.611. The second kappa shape index (κ2) is 12.1. The summed E-state index contributed by atoms with van der Waals surface area (Å²) in [7, 11) is 0. The van der Waals surface area contributed by atoms with Gasteiger partial charge in [-0.1, -0.05) is 12.1 Å². The highest BCUT2D eigenvalue weighted by Crippen LogP contribution is 2.17. The number of thioether (sulfide) groups is 1. The zero-order valence-electron chi connectivity index (χ0n) is 15.0. The van der Waals surface area contributed by atoms with E-state index in [9.17, 15) is 5.11 Å². The van der Waals surface area contributed by atoms with Crippen LogP contribution in [0.3, 0.4) is 0 Å². The van der Waals surface area contributed by atoms with Crippen molar-refractivity contribution in [2.24, 2.45) is 0 Å². The minimum absolute atomic E-state index is 0.250. The van der Waals surface area contributed by atoms with Gasteiger partial charge in [0.2, 0.25) is 0 Å². The standard InChI is InChI=1S/C17H26N2O3S.CH2O2/c20-16(13-18-6-9-23-10-7-18)14-21-17-4-1-3-15(11-17)12-19-5-2-8-22-19;2-1-3/h1,3-4,11,16,20H,2,5-10,12-14H2;1H,(H,2,3). The first-order valence-corrected chi connectivity index (χ1v) is 10.0. The van der Waals surface area contributed by atoms with Crippen molar-refractivity contribution < 1.29 is 24.6 Å². The van der Waals surface area contributed by atoms with Gasteiger partial charge in [-0.25, -0.2) is 0 Å². The number of hydrogen-bond donors (Lipinski definition) is 2. The number of hydroxylamine groups is 2. The highest BCUT2D eigenvalue weighted by molar-refractivity contribution is 7.99. The molecule has 0 saturated carbocycles. The molecule has 2 aliphatic rings. The predicted octanol–water partition coefficient (Wildman–Crippen LogP) is 1.31. The number of carbonyl (C=O) groups is 1. The number of aliphatic hydroxyl groups excluding tert-OH is 1. The van der Waals surface area contributed by atoms with E-state index in [2.05, 4.69) is 11.0 Å². The molecule has 0 aliphatic carbocycles. The maximum Gasteiger partial charge on any atom is 0.290 e. The van der Waals surface area contributed by atoms with Gasteiger partial charge in [-0.05, 0) is 24.1 Å². The summed E-state index contributed by atoms with van der Waals surface area (Å²) in [6, 6.07) is 8.05. The first kappa shape index (κ1) is 21.0. The van der Waals surface area contributed by atoms with E-state index in [0.29, 0.717) is 13.2 Å². The fourth-order valence-corrected chi connectivity index (χ4v) is 3.87. The summed E-state index contributed by atoms with van der Waals surface area (Å²) >= 11 is 1.98. The SMILES string of the molecule is O=CO.OC(COc1cccc(CN2CCCO2)c1)CN1CCSCC1. The van der Waals surface area contributed by atoms with Crippen LogP contribution in [0.5, 0.6) is 5.75 Å². The van der Waals surface area contributed by atoms with Gasteiger partial charge >= 0.3 is 0 Å². The third-order valence-corrected chi connectivity index (χ3v) is 5.04. The summed E-state index contributed by atoms with van der Waals surface area (Å²) in [4.78, 5) is 16.2. The van der Waals surface area contributed by atoms with Crippen LogP contribution < -0.4 is 4.74 Å². The molecule has 0 bridgehead atoms. The number of hydrogen-bond acceptors (Lipinski definition) is 7. The van der Waals surface area contributed by atoms with E-state index in [-0.39, 0.29) is 6.47 Å². The lowest BCUT2D eigenvalue weighted by Gasteiger charge is -2.28. The molecule has 2 heterocycles. The van der Waals surface area contributed by atoms with Gasteiger partial charge in [-0.2, -0.15) is 16.8 Å². The first-order valence-electron chi connectivity index (χ1n) is 8.87. The normalized spacial score (nSPS) is 19.4. The second-order valence-corrected chi connectivity index (χ2v) is 7.41. The quantitative estimate of drug-likeness (QED) is 0.681. The Bertz CT molecular complexity index is 522. The number of β-amino-alcohol motifs (C(OH)–C–C–N with tert-alkyl or cyclic N) is 1. The highest BCUT2D eigenvalue weighted by atomic mass is 32.2. The molecule has 0 aromatic heterocycles. The van der Waals surface area contributed by atoms with Crippen LogP contribution in [0, 0.1) is 0 Å². The van der Waals surface area contributed by atoms with E-state index >= 15 is 0 Å². The Hall–Kier alpha value is -1.32. The predicted molar refractivity (Wildman–Crippen MR) is 101 cm³/mol. The zero-order valence-corrected chi connectivity index (χ0v) is 15.8. The topological polar surface area (TPSA) is 82.5 Å².